The van der Waals surface area contributed by atoms with Gasteiger partial charge in [-0.15, -0.1) is 0 Å². The number of nitrogens with two attached hydrogens (primary N) is 1. The summed E-state index contributed by atoms with van der Waals surface area (Å²) in [6.07, 6.45) is 1.64. The van der Waals surface area contributed by atoms with Crippen LogP contribution in [-0.2, 0) is 6.42 Å². The Hall–Kier alpha value is -2.01. The maximum absolute atomic E-state index is 5.71. The van der Waals surface area contributed by atoms with Gasteiger partial charge in [0.05, 0.1) is 18.9 Å². The average Bonchev–Trinajstić information content (AvgIpc) is 2.69. The van der Waals surface area contributed by atoms with Gasteiger partial charge >= 0.3 is 0 Å². The molecule has 0 saturated heterocycles. The van der Waals surface area contributed by atoms with Gasteiger partial charge in [0.25, 0.3) is 0 Å². The van der Waals surface area contributed by atoms with Gasteiger partial charge in [0.15, 0.2) is 17.3 Å². The molecule has 5 nitrogen and oxygen atoms in total. The zero-order chi connectivity index (χ0) is 13.9. The Bertz CT molecular complexity index is 607. The van der Waals surface area contributed by atoms with E-state index in [9.17, 15) is 0 Å². The highest BCUT2D eigenvalue weighted by Gasteiger charge is 2.17. The van der Waals surface area contributed by atoms with Gasteiger partial charge in [-0.1, -0.05) is 5.16 Å². The highest BCUT2D eigenvalue weighted by molar-refractivity contribution is 5.66. The lowest BCUT2D eigenvalue weighted by Crippen LogP contribution is -2.04. The molecule has 3 rings (SSSR count). The molecule has 0 bridgehead atoms. The molecule has 106 valence electrons. The van der Waals surface area contributed by atoms with E-state index in [1.165, 1.54) is 0 Å². The van der Waals surface area contributed by atoms with E-state index in [2.05, 4.69) is 5.16 Å². The largest absolute Gasteiger partial charge is 0.490 e. The lowest BCUT2D eigenvalue weighted by molar-refractivity contribution is 0.297. The molecular formula is C15H18N2O3. The maximum atomic E-state index is 5.71. The van der Waals surface area contributed by atoms with E-state index >= 15 is 0 Å². The highest BCUT2D eigenvalue weighted by Crippen LogP contribution is 2.36. The van der Waals surface area contributed by atoms with E-state index in [4.69, 9.17) is 19.7 Å². The zero-order valence-electron chi connectivity index (χ0n) is 11.5. The van der Waals surface area contributed by atoms with Crippen LogP contribution in [0.2, 0.25) is 0 Å². The van der Waals surface area contributed by atoms with Gasteiger partial charge in [0.1, 0.15) is 0 Å². The molecule has 2 aromatic rings. The quantitative estimate of drug-likeness (QED) is 0.930. The number of aromatic nitrogens is 1. The van der Waals surface area contributed by atoms with Crippen LogP contribution in [0.4, 0.5) is 0 Å². The van der Waals surface area contributed by atoms with Crippen molar-refractivity contribution >= 4 is 0 Å². The first-order valence-electron chi connectivity index (χ1n) is 6.85. The Kier molecular flexibility index (Phi) is 3.60. The number of nitrogens with zero attached hydrogens (tertiary/aromatic N) is 1. The molecule has 0 fully saturated rings. The Balaban J connectivity index is 2.00. The minimum atomic E-state index is 0.569. The normalized spacial score (nSPS) is 14.1. The topological polar surface area (TPSA) is 70.5 Å². The van der Waals surface area contributed by atoms with Crippen LogP contribution in [0.25, 0.3) is 11.3 Å². The number of ether oxygens (including phenoxy) is 2. The molecule has 0 spiro atoms. The molecule has 20 heavy (non-hydrogen) atoms. The number of fused-ring (bicyclic) bond motifs is 1. The minimum absolute atomic E-state index is 0.569. The fourth-order valence-corrected chi connectivity index (χ4v) is 2.36. The van der Waals surface area contributed by atoms with Crippen LogP contribution in [-0.4, -0.2) is 24.9 Å². The summed E-state index contributed by atoms with van der Waals surface area (Å²) >= 11 is 0. The molecule has 0 radical (unpaired) electrons. The second-order valence-corrected chi connectivity index (χ2v) is 4.83. The Morgan fingerprint density at radius 1 is 1.20 bits per heavy atom. The van der Waals surface area contributed by atoms with Crippen molar-refractivity contribution in [2.45, 2.75) is 19.8 Å². The first-order chi connectivity index (χ1) is 9.79. The average molecular weight is 274 g/mol. The number of rotatable bonds is 3. The second kappa shape index (κ2) is 5.54. The summed E-state index contributed by atoms with van der Waals surface area (Å²) in [6.45, 7) is 3.86. The van der Waals surface area contributed by atoms with Crippen molar-refractivity contribution in [3.63, 3.8) is 0 Å². The molecule has 1 aromatic heterocycles. The molecule has 0 amide bonds. The van der Waals surface area contributed by atoms with Crippen LogP contribution in [0.15, 0.2) is 22.7 Å². The van der Waals surface area contributed by atoms with E-state index in [-0.39, 0.29) is 0 Å². The summed E-state index contributed by atoms with van der Waals surface area (Å²) in [5.41, 5.74) is 8.54. The van der Waals surface area contributed by atoms with Crippen molar-refractivity contribution in [1.29, 1.82) is 0 Å². The summed E-state index contributed by atoms with van der Waals surface area (Å²) in [4.78, 5) is 0. The first kappa shape index (κ1) is 13.0. The number of aryl methyl sites for hydroxylation is 1. The van der Waals surface area contributed by atoms with Gasteiger partial charge < -0.3 is 19.7 Å². The highest BCUT2D eigenvalue weighted by atomic mass is 16.5. The van der Waals surface area contributed by atoms with Crippen molar-refractivity contribution in [3.05, 3.63) is 29.5 Å². The van der Waals surface area contributed by atoms with E-state index in [0.29, 0.717) is 19.8 Å². The number of hydrogen-bond acceptors (Lipinski definition) is 5. The predicted molar refractivity (Wildman–Crippen MR) is 75.0 cm³/mol. The molecule has 5 heteroatoms. The molecule has 1 aliphatic heterocycles. The van der Waals surface area contributed by atoms with Crippen LogP contribution >= 0.6 is 0 Å². The lowest BCUT2D eigenvalue weighted by atomic mass is 10.0. The molecule has 1 aliphatic rings. The maximum Gasteiger partial charge on any atom is 0.170 e. The summed E-state index contributed by atoms with van der Waals surface area (Å²) in [6, 6.07) is 5.83. The molecule has 0 atom stereocenters. The summed E-state index contributed by atoms with van der Waals surface area (Å²) in [5.74, 6) is 2.30. The summed E-state index contributed by atoms with van der Waals surface area (Å²) in [7, 11) is 0. The predicted octanol–water partition coefficient (Wildman–Crippen LogP) is 2.31. The fourth-order valence-electron chi connectivity index (χ4n) is 2.36. The third-order valence-corrected chi connectivity index (χ3v) is 3.39. The van der Waals surface area contributed by atoms with Crippen LogP contribution < -0.4 is 15.2 Å². The van der Waals surface area contributed by atoms with Crippen molar-refractivity contribution < 1.29 is 14.0 Å². The fraction of sp³-hybridized carbons (Fsp3) is 0.400. The van der Waals surface area contributed by atoms with E-state index < -0.39 is 0 Å². The van der Waals surface area contributed by atoms with Gasteiger partial charge in [-0.05, 0) is 38.1 Å². The van der Waals surface area contributed by atoms with Gasteiger partial charge in [0, 0.05) is 17.5 Å². The second-order valence-electron chi connectivity index (χ2n) is 4.83. The molecule has 0 aliphatic carbocycles. The molecule has 1 aromatic carbocycles. The van der Waals surface area contributed by atoms with Gasteiger partial charge in [-0.3, -0.25) is 0 Å². The zero-order valence-corrected chi connectivity index (χ0v) is 11.5. The molecule has 0 unspecified atom stereocenters. The van der Waals surface area contributed by atoms with Gasteiger partial charge in [-0.2, -0.15) is 0 Å². The van der Waals surface area contributed by atoms with Crippen molar-refractivity contribution in [1.82, 2.24) is 5.16 Å². The van der Waals surface area contributed by atoms with Crippen LogP contribution in [0.5, 0.6) is 11.5 Å². The molecular weight excluding hydrogens is 256 g/mol. The third kappa shape index (κ3) is 2.36. The Morgan fingerprint density at radius 2 is 2.00 bits per heavy atom. The SMILES string of the molecule is Cc1noc(-c2ccc3c(c2)OCCCO3)c1CCN. The van der Waals surface area contributed by atoms with E-state index in [0.717, 1.165) is 46.9 Å². The molecule has 0 saturated carbocycles. The first-order valence-corrected chi connectivity index (χ1v) is 6.85. The molecule has 2 heterocycles. The van der Waals surface area contributed by atoms with Crippen molar-refractivity contribution in [2.75, 3.05) is 19.8 Å². The number of benzene rings is 1. The molecule has 2 N–H and O–H groups in total. The van der Waals surface area contributed by atoms with Crippen LogP contribution in [0.1, 0.15) is 17.7 Å². The third-order valence-electron chi connectivity index (χ3n) is 3.39. The Morgan fingerprint density at radius 3 is 2.80 bits per heavy atom. The van der Waals surface area contributed by atoms with Crippen LogP contribution in [0, 0.1) is 6.92 Å². The standard InChI is InChI=1S/C15H18N2O3/c1-10-12(5-6-16)15(20-17-10)11-3-4-13-14(9-11)19-8-2-7-18-13/h3-4,9H,2,5-8,16H2,1H3. The van der Waals surface area contributed by atoms with Crippen LogP contribution in [0.3, 0.4) is 0 Å². The summed E-state index contributed by atoms with van der Waals surface area (Å²) < 4.78 is 16.8. The minimum Gasteiger partial charge on any atom is -0.490 e. The van der Waals surface area contributed by atoms with Crippen molar-refractivity contribution in [3.8, 4) is 22.8 Å². The van der Waals surface area contributed by atoms with E-state index in [1.54, 1.807) is 0 Å². The Labute approximate surface area is 117 Å². The van der Waals surface area contributed by atoms with Gasteiger partial charge in [-0.25, -0.2) is 0 Å². The smallest absolute Gasteiger partial charge is 0.170 e. The van der Waals surface area contributed by atoms with Gasteiger partial charge in [0.2, 0.25) is 0 Å². The van der Waals surface area contributed by atoms with E-state index in [1.807, 2.05) is 25.1 Å². The summed E-state index contributed by atoms with van der Waals surface area (Å²) in [5, 5.41) is 4.04. The number of hydrogen-bond donors (Lipinski definition) is 1. The van der Waals surface area contributed by atoms with Crippen molar-refractivity contribution in [2.24, 2.45) is 5.73 Å². The monoisotopic (exact) mass is 274 g/mol. The lowest BCUT2D eigenvalue weighted by Gasteiger charge is -2.08.